The summed E-state index contributed by atoms with van der Waals surface area (Å²) >= 11 is 5.91. The fourth-order valence-corrected chi connectivity index (χ4v) is 1.55. The molecule has 0 aliphatic carbocycles. The molecule has 0 bridgehead atoms. The molecule has 6 heteroatoms. The molecule has 0 saturated heterocycles. The van der Waals surface area contributed by atoms with Gasteiger partial charge < -0.3 is 5.73 Å². The predicted molar refractivity (Wildman–Crippen MR) is 56.8 cm³/mol. The maximum atomic E-state index is 5.91. The third-order valence-corrected chi connectivity index (χ3v) is 2.31. The van der Waals surface area contributed by atoms with Crippen LogP contribution >= 0.6 is 11.6 Å². The zero-order valence-electron chi connectivity index (χ0n) is 8.13. The summed E-state index contributed by atoms with van der Waals surface area (Å²) in [7, 11) is 0. The van der Waals surface area contributed by atoms with Crippen LogP contribution in [0.2, 0.25) is 5.02 Å². The molecular formula is C9H10ClN5. The highest BCUT2D eigenvalue weighted by molar-refractivity contribution is 6.30. The molecule has 0 spiro atoms. The van der Waals surface area contributed by atoms with Gasteiger partial charge >= 0.3 is 0 Å². The van der Waals surface area contributed by atoms with Gasteiger partial charge in [-0.15, -0.1) is 5.10 Å². The van der Waals surface area contributed by atoms with Crippen LogP contribution in [-0.4, -0.2) is 20.2 Å². The van der Waals surface area contributed by atoms with Crippen LogP contribution in [0.25, 0.3) is 5.69 Å². The van der Waals surface area contributed by atoms with E-state index in [1.165, 1.54) is 6.33 Å². The quantitative estimate of drug-likeness (QED) is 0.834. The monoisotopic (exact) mass is 223 g/mol. The zero-order chi connectivity index (χ0) is 10.8. The van der Waals surface area contributed by atoms with E-state index in [0.29, 0.717) is 5.02 Å². The van der Waals surface area contributed by atoms with Crippen LogP contribution in [0.4, 0.5) is 0 Å². The highest BCUT2D eigenvalue weighted by Crippen LogP contribution is 2.23. The van der Waals surface area contributed by atoms with Crippen LogP contribution in [0.15, 0.2) is 24.5 Å². The third-order valence-electron chi connectivity index (χ3n) is 2.08. The lowest BCUT2D eigenvalue weighted by atomic mass is 10.1. The Hall–Kier alpha value is -1.46. The molecule has 0 radical (unpaired) electrons. The molecule has 2 rings (SSSR count). The van der Waals surface area contributed by atoms with Crippen LogP contribution in [0.5, 0.6) is 0 Å². The van der Waals surface area contributed by atoms with E-state index in [1.807, 2.05) is 19.1 Å². The van der Waals surface area contributed by atoms with Gasteiger partial charge in [0.2, 0.25) is 0 Å². The van der Waals surface area contributed by atoms with Crippen molar-refractivity contribution >= 4 is 11.6 Å². The van der Waals surface area contributed by atoms with Gasteiger partial charge in [0.1, 0.15) is 6.33 Å². The van der Waals surface area contributed by atoms with Gasteiger partial charge in [0, 0.05) is 11.1 Å². The minimum Gasteiger partial charge on any atom is -0.324 e. The molecule has 1 aromatic carbocycles. The molecule has 2 N–H and O–H groups in total. The molecule has 1 aromatic heterocycles. The summed E-state index contributed by atoms with van der Waals surface area (Å²) in [5.74, 6) is 0. The van der Waals surface area contributed by atoms with Crippen LogP contribution < -0.4 is 5.73 Å². The van der Waals surface area contributed by atoms with E-state index in [4.69, 9.17) is 17.3 Å². The first-order valence-electron chi connectivity index (χ1n) is 4.47. The number of hydrogen-bond acceptors (Lipinski definition) is 4. The van der Waals surface area contributed by atoms with Gasteiger partial charge in [-0.25, -0.2) is 4.68 Å². The molecule has 0 fully saturated rings. The highest BCUT2D eigenvalue weighted by atomic mass is 35.5. The fraction of sp³-hybridized carbons (Fsp3) is 0.222. The second-order valence-electron chi connectivity index (χ2n) is 3.25. The van der Waals surface area contributed by atoms with Gasteiger partial charge in [0.25, 0.3) is 0 Å². The minimum atomic E-state index is -0.122. The normalized spacial score (nSPS) is 12.7. The van der Waals surface area contributed by atoms with E-state index >= 15 is 0 Å². The second-order valence-corrected chi connectivity index (χ2v) is 3.68. The standard InChI is InChI=1S/C9H10ClN5/c1-6(11)8-4-7(10)2-3-9(8)15-5-12-13-14-15/h2-6H,11H2,1H3. The number of benzene rings is 1. The Labute approximate surface area is 91.8 Å². The van der Waals surface area contributed by atoms with Crippen molar-refractivity contribution in [3.63, 3.8) is 0 Å². The SMILES string of the molecule is CC(N)c1cc(Cl)ccc1-n1cnnn1. The van der Waals surface area contributed by atoms with Crippen molar-refractivity contribution in [2.75, 3.05) is 0 Å². The molecule has 0 amide bonds. The summed E-state index contributed by atoms with van der Waals surface area (Å²) in [6.45, 7) is 1.89. The molecule has 5 nitrogen and oxygen atoms in total. The molecule has 0 saturated carbocycles. The summed E-state index contributed by atoms with van der Waals surface area (Å²) in [4.78, 5) is 0. The van der Waals surface area contributed by atoms with E-state index in [0.717, 1.165) is 11.3 Å². The Kier molecular flexibility index (Phi) is 2.66. The summed E-state index contributed by atoms with van der Waals surface area (Å²) in [5.41, 5.74) is 7.61. The zero-order valence-corrected chi connectivity index (χ0v) is 8.89. The van der Waals surface area contributed by atoms with Crippen LogP contribution in [-0.2, 0) is 0 Å². The van der Waals surface area contributed by atoms with Crippen molar-refractivity contribution in [3.05, 3.63) is 35.1 Å². The molecule has 15 heavy (non-hydrogen) atoms. The molecular weight excluding hydrogens is 214 g/mol. The van der Waals surface area contributed by atoms with Gasteiger partial charge in [-0.2, -0.15) is 0 Å². The highest BCUT2D eigenvalue weighted by Gasteiger charge is 2.10. The maximum Gasteiger partial charge on any atom is 0.143 e. The summed E-state index contributed by atoms with van der Waals surface area (Å²) < 4.78 is 1.56. The topological polar surface area (TPSA) is 69.6 Å². The number of nitrogens with two attached hydrogens (primary N) is 1. The van der Waals surface area contributed by atoms with Crippen molar-refractivity contribution in [2.24, 2.45) is 5.73 Å². The van der Waals surface area contributed by atoms with Crippen molar-refractivity contribution in [3.8, 4) is 5.69 Å². The molecule has 1 atom stereocenters. The molecule has 1 unspecified atom stereocenters. The number of hydrogen-bond donors (Lipinski definition) is 1. The summed E-state index contributed by atoms with van der Waals surface area (Å²) in [6.07, 6.45) is 1.52. The first-order chi connectivity index (χ1) is 7.18. The van der Waals surface area contributed by atoms with Gasteiger partial charge in [-0.1, -0.05) is 11.6 Å². The Morgan fingerprint density at radius 1 is 1.47 bits per heavy atom. The largest absolute Gasteiger partial charge is 0.324 e. The number of halogens is 1. The maximum absolute atomic E-state index is 5.91. The number of tetrazole rings is 1. The first-order valence-corrected chi connectivity index (χ1v) is 4.84. The van der Waals surface area contributed by atoms with Crippen molar-refractivity contribution in [1.82, 2.24) is 20.2 Å². The van der Waals surface area contributed by atoms with Crippen molar-refractivity contribution in [1.29, 1.82) is 0 Å². The average Bonchev–Trinajstić information content (AvgIpc) is 2.70. The van der Waals surface area contributed by atoms with Crippen LogP contribution in [0, 0.1) is 0 Å². The number of nitrogens with zero attached hydrogens (tertiary/aromatic N) is 4. The summed E-state index contributed by atoms with van der Waals surface area (Å²) in [6, 6.07) is 5.33. The Morgan fingerprint density at radius 3 is 2.87 bits per heavy atom. The van der Waals surface area contributed by atoms with Crippen molar-refractivity contribution < 1.29 is 0 Å². The average molecular weight is 224 g/mol. The predicted octanol–water partition coefficient (Wildman–Crippen LogP) is 1.34. The van der Waals surface area contributed by atoms with E-state index < -0.39 is 0 Å². The summed E-state index contributed by atoms with van der Waals surface area (Å²) in [5, 5.41) is 11.6. The molecule has 0 aliphatic heterocycles. The molecule has 2 aromatic rings. The van der Waals surface area contributed by atoms with E-state index in [2.05, 4.69) is 15.5 Å². The molecule has 1 heterocycles. The second kappa shape index (κ2) is 3.96. The van der Waals surface area contributed by atoms with Crippen LogP contribution in [0.1, 0.15) is 18.5 Å². The lowest BCUT2D eigenvalue weighted by Crippen LogP contribution is -2.10. The first kappa shape index (κ1) is 10.1. The Morgan fingerprint density at radius 2 is 2.27 bits per heavy atom. The van der Waals surface area contributed by atoms with Gasteiger partial charge in [-0.3, -0.25) is 0 Å². The fourth-order valence-electron chi connectivity index (χ4n) is 1.37. The van der Waals surface area contributed by atoms with Crippen LogP contribution in [0.3, 0.4) is 0 Å². The number of aromatic nitrogens is 4. The van der Waals surface area contributed by atoms with E-state index in [1.54, 1.807) is 10.7 Å². The van der Waals surface area contributed by atoms with Gasteiger partial charge in [0.05, 0.1) is 5.69 Å². The molecule has 78 valence electrons. The molecule has 0 aliphatic rings. The Bertz CT molecular complexity index is 452. The minimum absolute atomic E-state index is 0.122. The van der Waals surface area contributed by atoms with E-state index in [-0.39, 0.29) is 6.04 Å². The lowest BCUT2D eigenvalue weighted by Gasteiger charge is -2.11. The number of rotatable bonds is 2. The lowest BCUT2D eigenvalue weighted by molar-refractivity contribution is 0.751. The smallest absolute Gasteiger partial charge is 0.143 e. The van der Waals surface area contributed by atoms with Gasteiger partial charge in [-0.05, 0) is 41.1 Å². The van der Waals surface area contributed by atoms with E-state index in [9.17, 15) is 0 Å². The van der Waals surface area contributed by atoms with Crippen molar-refractivity contribution in [2.45, 2.75) is 13.0 Å². The Balaban J connectivity index is 2.56. The third kappa shape index (κ3) is 1.98. The van der Waals surface area contributed by atoms with Gasteiger partial charge in [0.15, 0.2) is 0 Å².